The van der Waals surface area contributed by atoms with Gasteiger partial charge in [-0.1, -0.05) is 6.42 Å². The maximum absolute atomic E-state index is 6.19. The fraction of sp³-hybridized carbons (Fsp3) is 0.750. The van der Waals surface area contributed by atoms with Crippen LogP contribution in [0.25, 0.3) is 0 Å². The van der Waals surface area contributed by atoms with Gasteiger partial charge in [-0.25, -0.2) is 4.98 Å². The van der Waals surface area contributed by atoms with Crippen molar-refractivity contribution in [1.29, 1.82) is 0 Å². The lowest BCUT2D eigenvalue weighted by molar-refractivity contribution is 0.259. The monoisotopic (exact) mass is 221 g/mol. The topological polar surface area (TPSA) is 55.3 Å². The summed E-state index contributed by atoms with van der Waals surface area (Å²) in [5.74, 6) is 1.52. The zero-order valence-electron chi connectivity index (χ0n) is 9.51. The van der Waals surface area contributed by atoms with Crippen molar-refractivity contribution >= 4 is 0 Å². The van der Waals surface area contributed by atoms with Gasteiger partial charge in [0.15, 0.2) is 6.39 Å². The SMILES string of the molecule is NC1CCCC2CN(Cc3cocn3)CC12. The van der Waals surface area contributed by atoms with Crippen LogP contribution >= 0.6 is 0 Å². The van der Waals surface area contributed by atoms with E-state index >= 15 is 0 Å². The van der Waals surface area contributed by atoms with E-state index in [0.29, 0.717) is 12.0 Å². The molecule has 2 N–H and O–H groups in total. The molecule has 0 radical (unpaired) electrons. The molecule has 1 saturated heterocycles. The molecule has 3 unspecified atom stereocenters. The Hall–Kier alpha value is -0.870. The van der Waals surface area contributed by atoms with Crippen LogP contribution in [-0.4, -0.2) is 29.0 Å². The number of likely N-dealkylation sites (tertiary alicyclic amines) is 1. The van der Waals surface area contributed by atoms with Crippen molar-refractivity contribution in [2.45, 2.75) is 31.8 Å². The molecule has 1 aliphatic carbocycles. The Morgan fingerprint density at radius 1 is 1.44 bits per heavy atom. The third-order valence-electron chi connectivity index (χ3n) is 4.10. The van der Waals surface area contributed by atoms with Crippen LogP contribution < -0.4 is 5.73 Å². The molecule has 0 spiro atoms. The van der Waals surface area contributed by atoms with Crippen molar-refractivity contribution in [3.05, 3.63) is 18.4 Å². The molecule has 0 aromatic carbocycles. The predicted octanol–water partition coefficient (Wildman–Crippen LogP) is 1.23. The Bertz CT molecular complexity index is 338. The van der Waals surface area contributed by atoms with Crippen LogP contribution in [0.4, 0.5) is 0 Å². The minimum Gasteiger partial charge on any atom is -0.451 e. The average Bonchev–Trinajstić information content (AvgIpc) is 2.88. The molecule has 1 saturated carbocycles. The van der Waals surface area contributed by atoms with E-state index in [1.54, 1.807) is 6.26 Å². The molecular formula is C12H19N3O. The molecule has 0 bridgehead atoms. The van der Waals surface area contributed by atoms with Gasteiger partial charge in [0.2, 0.25) is 0 Å². The van der Waals surface area contributed by atoms with Crippen molar-refractivity contribution in [3.8, 4) is 0 Å². The summed E-state index contributed by atoms with van der Waals surface area (Å²) in [5.41, 5.74) is 7.23. The standard InChI is InChI=1S/C12H19N3O/c13-12-3-1-2-9-4-15(6-11(9)12)5-10-7-16-8-14-10/h7-9,11-12H,1-6,13H2. The number of nitrogens with zero attached hydrogens (tertiary/aromatic N) is 2. The highest BCUT2D eigenvalue weighted by atomic mass is 16.3. The summed E-state index contributed by atoms with van der Waals surface area (Å²) in [6, 6.07) is 0.418. The highest BCUT2D eigenvalue weighted by molar-refractivity contribution is 4.97. The van der Waals surface area contributed by atoms with Gasteiger partial charge in [-0.15, -0.1) is 0 Å². The number of oxazole rings is 1. The van der Waals surface area contributed by atoms with E-state index in [0.717, 1.165) is 24.7 Å². The lowest BCUT2D eigenvalue weighted by Crippen LogP contribution is -2.38. The van der Waals surface area contributed by atoms with Crippen LogP contribution in [0.2, 0.25) is 0 Å². The van der Waals surface area contributed by atoms with Gasteiger partial charge in [0.1, 0.15) is 6.26 Å². The largest absolute Gasteiger partial charge is 0.451 e. The van der Waals surface area contributed by atoms with E-state index in [4.69, 9.17) is 10.2 Å². The van der Waals surface area contributed by atoms with E-state index in [9.17, 15) is 0 Å². The lowest BCUT2D eigenvalue weighted by Gasteiger charge is -2.29. The number of hydrogen-bond acceptors (Lipinski definition) is 4. The van der Waals surface area contributed by atoms with Gasteiger partial charge in [-0.3, -0.25) is 4.90 Å². The number of aromatic nitrogens is 1. The number of fused-ring (bicyclic) bond motifs is 1. The summed E-state index contributed by atoms with van der Waals surface area (Å²) in [6.45, 7) is 3.24. The molecule has 3 atom stereocenters. The van der Waals surface area contributed by atoms with Gasteiger partial charge < -0.3 is 10.2 Å². The quantitative estimate of drug-likeness (QED) is 0.816. The van der Waals surface area contributed by atoms with E-state index in [1.807, 2.05) is 0 Å². The molecule has 1 aromatic rings. The summed E-state index contributed by atoms with van der Waals surface area (Å²) in [7, 11) is 0. The summed E-state index contributed by atoms with van der Waals surface area (Å²) in [6.07, 6.45) is 7.11. The molecule has 88 valence electrons. The number of rotatable bonds is 2. The highest BCUT2D eigenvalue weighted by Crippen LogP contribution is 2.35. The van der Waals surface area contributed by atoms with Gasteiger partial charge in [0.05, 0.1) is 5.69 Å². The second kappa shape index (κ2) is 4.18. The maximum Gasteiger partial charge on any atom is 0.180 e. The molecule has 2 aliphatic rings. The molecule has 2 heterocycles. The van der Waals surface area contributed by atoms with Crippen LogP contribution in [-0.2, 0) is 6.54 Å². The fourth-order valence-corrected chi connectivity index (χ4v) is 3.28. The molecular weight excluding hydrogens is 202 g/mol. The third-order valence-corrected chi connectivity index (χ3v) is 4.10. The van der Waals surface area contributed by atoms with E-state index in [2.05, 4.69) is 9.88 Å². The van der Waals surface area contributed by atoms with Gasteiger partial charge >= 0.3 is 0 Å². The van der Waals surface area contributed by atoms with E-state index in [-0.39, 0.29) is 0 Å². The summed E-state index contributed by atoms with van der Waals surface area (Å²) in [5, 5.41) is 0. The van der Waals surface area contributed by atoms with Crippen LogP contribution in [0.1, 0.15) is 25.0 Å². The zero-order chi connectivity index (χ0) is 11.0. The van der Waals surface area contributed by atoms with E-state index < -0.39 is 0 Å². The second-order valence-corrected chi connectivity index (χ2v) is 5.19. The molecule has 2 fully saturated rings. The van der Waals surface area contributed by atoms with Crippen LogP contribution in [0.3, 0.4) is 0 Å². The van der Waals surface area contributed by atoms with Crippen molar-refractivity contribution < 1.29 is 4.42 Å². The average molecular weight is 221 g/mol. The van der Waals surface area contributed by atoms with Crippen LogP contribution in [0, 0.1) is 11.8 Å². The normalized spacial score (nSPS) is 35.2. The third kappa shape index (κ3) is 1.87. The molecule has 1 aliphatic heterocycles. The minimum atomic E-state index is 0.418. The Labute approximate surface area is 95.8 Å². The molecule has 4 nitrogen and oxygen atoms in total. The molecule has 3 rings (SSSR count). The zero-order valence-corrected chi connectivity index (χ0v) is 9.51. The summed E-state index contributed by atoms with van der Waals surface area (Å²) in [4.78, 5) is 6.65. The Kier molecular flexibility index (Phi) is 2.69. The number of hydrogen-bond donors (Lipinski definition) is 1. The minimum absolute atomic E-state index is 0.418. The second-order valence-electron chi connectivity index (χ2n) is 5.19. The van der Waals surface area contributed by atoms with Crippen molar-refractivity contribution in [3.63, 3.8) is 0 Å². The van der Waals surface area contributed by atoms with Crippen LogP contribution in [0.15, 0.2) is 17.1 Å². The Morgan fingerprint density at radius 3 is 3.12 bits per heavy atom. The van der Waals surface area contributed by atoms with Crippen LogP contribution in [0.5, 0.6) is 0 Å². The molecule has 0 amide bonds. The van der Waals surface area contributed by atoms with Crippen molar-refractivity contribution in [2.24, 2.45) is 17.6 Å². The highest BCUT2D eigenvalue weighted by Gasteiger charge is 2.38. The van der Waals surface area contributed by atoms with Crippen molar-refractivity contribution in [2.75, 3.05) is 13.1 Å². The van der Waals surface area contributed by atoms with Crippen molar-refractivity contribution in [1.82, 2.24) is 9.88 Å². The fourth-order valence-electron chi connectivity index (χ4n) is 3.28. The number of nitrogens with two attached hydrogens (primary N) is 1. The molecule has 16 heavy (non-hydrogen) atoms. The summed E-state index contributed by atoms with van der Waals surface area (Å²) < 4.78 is 5.00. The summed E-state index contributed by atoms with van der Waals surface area (Å²) >= 11 is 0. The van der Waals surface area contributed by atoms with Gasteiger partial charge in [-0.2, -0.15) is 0 Å². The Balaban J connectivity index is 1.63. The molecule has 4 heteroatoms. The first-order valence-electron chi connectivity index (χ1n) is 6.18. The van der Waals surface area contributed by atoms with Gasteiger partial charge in [-0.05, 0) is 24.7 Å². The smallest absolute Gasteiger partial charge is 0.180 e. The molecule has 1 aromatic heterocycles. The van der Waals surface area contributed by atoms with E-state index in [1.165, 1.54) is 32.2 Å². The Morgan fingerprint density at radius 2 is 2.38 bits per heavy atom. The maximum atomic E-state index is 6.19. The van der Waals surface area contributed by atoms with Gasteiger partial charge in [0, 0.05) is 25.7 Å². The predicted molar refractivity (Wildman–Crippen MR) is 60.6 cm³/mol. The van der Waals surface area contributed by atoms with Gasteiger partial charge in [0.25, 0.3) is 0 Å². The lowest BCUT2D eigenvalue weighted by atomic mass is 9.78. The first-order chi connectivity index (χ1) is 7.83. The first-order valence-corrected chi connectivity index (χ1v) is 6.18. The first kappa shape index (κ1) is 10.3.